The van der Waals surface area contributed by atoms with Gasteiger partial charge in [-0.25, -0.2) is 9.59 Å². The fraction of sp³-hybridized carbons (Fsp3) is 0.423. The Morgan fingerprint density at radius 2 is 1.59 bits per heavy atom. The molecule has 2 aromatic carbocycles. The summed E-state index contributed by atoms with van der Waals surface area (Å²) in [6.07, 6.45) is 2.21. The molecule has 2 fully saturated rings. The Morgan fingerprint density at radius 1 is 0.971 bits per heavy atom. The van der Waals surface area contributed by atoms with Gasteiger partial charge >= 0.3 is 12.1 Å². The number of nitrogens with one attached hydrogen (secondary N) is 1. The second-order valence-corrected chi connectivity index (χ2v) is 10.2. The zero-order valence-corrected chi connectivity index (χ0v) is 19.6. The van der Waals surface area contributed by atoms with E-state index in [1.807, 2.05) is 24.3 Å². The van der Waals surface area contributed by atoms with Crippen LogP contribution in [0.2, 0.25) is 0 Å². The van der Waals surface area contributed by atoms with Gasteiger partial charge in [-0.1, -0.05) is 48.5 Å². The van der Waals surface area contributed by atoms with Crippen molar-refractivity contribution >= 4 is 29.7 Å². The molecule has 34 heavy (non-hydrogen) atoms. The quantitative estimate of drug-likeness (QED) is 0.670. The van der Waals surface area contributed by atoms with Gasteiger partial charge in [-0.2, -0.15) is 0 Å². The highest BCUT2D eigenvalue weighted by molar-refractivity contribution is 7.99. The van der Waals surface area contributed by atoms with Gasteiger partial charge in [0.2, 0.25) is 5.91 Å². The predicted molar refractivity (Wildman–Crippen MR) is 130 cm³/mol. The Balaban J connectivity index is 1.12. The lowest BCUT2D eigenvalue weighted by molar-refractivity contribution is -0.150. The standard InChI is InChI=1S/C26H28N2O5S/c29-24(28-15-34-14-23(28)25(30)31)16-9-11-17(12-10-16)27-26(32)33-13-22-20-7-3-1-5-18(20)19-6-2-4-8-21(19)22/h1-8,16-17,22-23H,9-15H2,(H,27,32)(H,30,31). The summed E-state index contributed by atoms with van der Waals surface area (Å²) >= 11 is 1.48. The van der Waals surface area contributed by atoms with Crippen molar-refractivity contribution in [3.05, 3.63) is 59.7 Å². The summed E-state index contributed by atoms with van der Waals surface area (Å²) < 4.78 is 5.65. The van der Waals surface area contributed by atoms with Crippen molar-refractivity contribution in [2.24, 2.45) is 5.92 Å². The van der Waals surface area contributed by atoms with Crippen molar-refractivity contribution in [2.75, 3.05) is 18.2 Å². The molecule has 1 heterocycles. The SMILES string of the molecule is O=C(NC1CCC(C(=O)N2CSCC2C(=O)O)CC1)OCC1c2ccccc2-c2ccccc21. The molecule has 1 saturated heterocycles. The van der Waals surface area contributed by atoms with Crippen LogP contribution in [0.4, 0.5) is 4.79 Å². The van der Waals surface area contributed by atoms with Crippen LogP contribution in [0.1, 0.15) is 42.7 Å². The van der Waals surface area contributed by atoms with Crippen molar-refractivity contribution < 1.29 is 24.2 Å². The first-order chi connectivity index (χ1) is 16.5. The highest BCUT2D eigenvalue weighted by Gasteiger charge is 2.39. The minimum Gasteiger partial charge on any atom is -0.480 e. The average molecular weight is 481 g/mol. The molecular weight excluding hydrogens is 452 g/mol. The fourth-order valence-electron chi connectivity index (χ4n) is 5.39. The normalized spacial score (nSPS) is 23.8. The number of nitrogens with zero attached hydrogens (tertiary/aromatic N) is 1. The number of carboxylic acids is 1. The van der Waals surface area contributed by atoms with Gasteiger partial charge in [0, 0.05) is 23.6 Å². The molecule has 1 unspecified atom stereocenters. The number of carboxylic acid groups (broad SMARTS) is 1. The van der Waals surface area contributed by atoms with E-state index < -0.39 is 18.1 Å². The molecule has 0 aromatic heterocycles. The molecule has 0 radical (unpaired) electrons. The number of fused-ring (bicyclic) bond motifs is 3. The number of benzene rings is 2. The highest BCUT2D eigenvalue weighted by atomic mass is 32.2. The van der Waals surface area contributed by atoms with E-state index in [2.05, 4.69) is 29.6 Å². The fourth-order valence-corrected chi connectivity index (χ4v) is 6.55. The molecule has 178 valence electrons. The molecule has 0 spiro atoms. The Bertz CT molecular complexity index is 1050. The molecule has 5 rings (SSSR count). The van der Waals surface area contributed by atoms with Crippen LogP contribution in [0.25, 0.3) is 11.1 Å². The number of rotatable bonds is 5. The third-order valence-corrected chi connectivity index (χ3v) is 8.20. The van der Waals surface area contributed by atoms with Crippen LogP contribution in [0.3, 0.4) is 0 Å². The van der Waals surface area contributed by atoms with Crippen LogP contribution >= 0.6 is 11.8 Å². The van der Waals surface area contributed by atoms with E-state index in [1.165, 1.54) is 38.9 Å². The van der Waals surface area contributed by atoms with E-state index in [0.717, 1.165) is 0 Å². The second kappa shape index (κ2) is 9.70. The number of hydrogen-bond acceptors (Lipinski definition) is 5. The summed E-state index contributed by atoms with van der Waals surface area (Å²) in [5.41, 5.74) is 4.73. The summed E-state index contributed by atoms with van der Waals surface area (Å²) in [7, 11) is 0. The number of carbonyl (C=O) groups excluding carboxylic acids is 2. The Labute approximate surface area is 202 Å². The average Bonchev–Trinajstić information content (AvgIpc) is 3.46. The molecule has 1 atom stereocenters. The number of aliphatic carboxylic acids is 1. The van der Waals surface area contributed by atoms with Crippen molar-refractivity contribution in [1.29, 1.82) is 0 Å². The maximum atomic E-state index is 12.8. The van der Waals surface area contributed by atoms with Crippen molar-refractivity contribution in [2.45, 2.75) is 43.7 Å². The lowest BCUT2D eigenvalue weighted by atomic mass is 9.85. The maximum absolute atomic E-state index is 12.8. The van der Waals surface area contributed by atoms with E-state index in [1.54, 1.807) is 0 Å². The number of thioether (sulfide) groups is 1. The van der Waals surface area contributed by atoms with Crippen molar-refractivity contribution in [3.8, 4) is 11.1 Å². The third-order valence-electron chi connectivity index (χ3n) is 7.19. The van der Waals surface area contributed by atoms with Crippen LogP contribution in [0.5, 0.6) is 0 Å². The number of hydrogen-bond donors (Lipinski definition) is 2. The second-order valence-electron chi connectivity index (χ2n) is 9.18. The van der Waals surface area contributed by atoms with Crippen molar-refractivity contribution in [3.63, 3.8) is 0 Å². The van der Waals surface area contributed by atoms with Gasteiger partial charge in [0.05, 0.1) is 5.88 Å². The largest absolute Gasteiger partial charge is 0.480 e. The zero-order valence-electron chi connectivity index (χ0n) is 18.8. The number of carbonyl (C=O) groups is 3. The topological polar surface area (TPSA) is 95.9 Å². The Morgan fingerprint density at radius 3 is 2.21 bits per heavy atom. The van der Waals surface area contributed by atoms with Gasteiger partial charge in [0.1, 0.15) is 12.6 Å². The van der Waals surface area contributed by atoms with Crippen LogP contribution in [0.15, 0.2) is 48.5 Å². The lowest BCUT2D eigenvalue weighted by Crippen LogP contribution is -2.46. The first-order valence-corrected chi connectivity index (χ1v) is 12.9. The highest BCUT2D eigenvalue weighted by Crippen LogP contribution is 2.44. The van der Waals surface area contributed by atoms with E-state index >= 15 is 0 Å². The first-order valence-electron chi connectivity index (χ1n) is 11.8. The molecule has 7 nitrogen and oxygen atoms in total. The molecule has 0 bridgehead atoms. The van der Waals surface area contributed by atoms with Gasteiger partial charge in [-0.05, 0) is 47.9 Å². The van der Waals surface area contributed by atoms with E-state index in [4.69, 9.17) is 4.74 Å². The zero-order chi connectivity index (χ0) is 23.7. The van der Waals surface area contributed by atoms with E-state index in [9.17, 15) is 19.5 Å². The third kappa shape index (κ3) is 4.39. The van der Waals surface area contributed by atoms with Gasteiger partial charge < -0.3 is 20.1 Å². The first kappa shape index (κ1) is 22.8. The molecule has 3 aliphatic rings. The lowest BCUT2D eigenvalue weighted by Gasteiger charge is -2.31. The van der Waals surface area contributed by atoms with Gasteiger partial charge in [0.25, 0.3) is 0 Å². The monoisotopic (exact) mass is 480 g/mol. The molecule has 2 N–H and O–H groups in total. The number of ether oxygens (including phenoxy) is 1. The molecule has 1 saturated carbocycles. The molecule has 1 aliphatic heterocycles. The Kier molecular flexibility index (Phi) is 6.50. The van der Waals surface area contributed by atoms with Gasteiger partial charge in [-0.3, -0.25) is 4.79 Å². The summed E-state index contributed by atoms with van der Waals surface area (Å²) in [4.78, 5) is 38.3. The maximum Gasteiger partial charge on any atom is 0.407 e. The number of alkyl carbamates (subject to hydrolysis) is 1. The minimum absolute atomic E-state index is 0.0204. The van der Waals surface area contributed by atoms with E-state index in [-0.39, 0.29) is 30.4 Å². The molecule has 2 aromatic rings. The van der Waals surface area contributed by atoms with Gasteiger partial charge in [-0.15, -0.1) is 11.8 Å². The molecule has 2 amide bonds. The van der Waals surface area contributed by atoms with E-state index in [0.29, 0.717) is 37.3 Å². The number of amides is 2. The minimum atomic E-state index is -0.941. The Hall–Kier alpha value is -3.00. The molecule has 2 aliphatic carbocycles. The van der Waals surface area contributed by atoms with Crippen LogP contribution in [-0.2, 0) is 14.3 Å². The molecular formula is C26H28N2O5S. The summed E-state index contributed by atoms with van der Waals surface area (Å²) in [6.45, 7) is 0.275. The van der Waals surface area contributed by atoms with Gasteiger partial charge in [0.15, 0.2) is 0 Å². The predicted octanol–water partition coefficient (Wildman–Crippen LogP) is 4.07. The van der Waals surface area contributed by atoms with Crippen molar-refractivity contribution in [1.82, 2.24) is 10.2 Å². The smallest absolute Gasteiger partial charge is 0.407 e. The van der Waals surface area contributed by atoms with Crippen LogP contribution in [-0.4, -0.2) is 58.3 Å². The van der Waals surface area contributed by atoms with Crippen LogP contribution < -0.4 is 5.32 Å². The van der Waals surface area contributed by atoms with Crippen LogP contribution in [0, 0.1) is 5.92 Å². The summed E-state index contributed by atoms with van der Waals surface area (Å²) in [5, 5.41) is 12.3. The molecule has 8 heteroatoms. The summed E-state index contributed by atoms with van der Waals surface area (Å²) in [6, 6.07) is 15.7. The summed E-state index contributed by atoms with van der Waals surface area (Å²) in [5.74, 6) is -0.290.